The van der Waals surface area contributed by atoms with Crippen molar-refractivity contribution in [3.8, 4) is 23.0 Å². The highest BCUT2D eigenvalue weighted by molar-refractivity contribution is 6.41. The zero-order valence-corrected chi connectivity index (χ0v) is 65.4. The predicted molar refractivity (Wildman–Crippen MR) is 435 cm³/mol. The molecule has 0 saturated heterocycles. The summed E-state index contributed by atoms with van der Waals surface area (Å²) in [5.41, 5.74) is 2.52. The molecule has 0 bridgehead atoms. The van der Waals surface area contributed by atoms with Crippen LogP contribution in [0, 0.1) is 0 Å². The van der Waals surface area contributed by atoms with Gasteiger partial charge >= 0.3 is 0 Å². The van der Waals surface area contributed by atoms with E-state index in [1.807, 2.05) is 36.4 Å². The van der Waals surface area contributed by atoms with E-state index in [9.17, 15) is 28.8 Å². The van der Waals surface area contributed by atoms with E-state index in [4.69, 9.17) is 18.9 Å². The fourth-order valence-electron chi connectivity index (χ4n) is 15.7. The van der Waals surface area contributed by atoms with Gasteiger partial charge in [-0.3, -0.25) is 38.6 Å². The summed E-state index contributed by atoms with van der Waals surface area (Å²) in [5.74, 6) is 0.220. The molecule has 7 aromatic rings. The van der Waals surface area contributed by atoms with E-state index in [0.29, 0.717) is 106 Å². The van der Waals surface area contributed by atoms with Crippen LogP contribution in [0.3, 0.4) is 0 Å². The zero-order chi connectivity index (χ0) is 74.5. The molecule has 106 heavy (non-hydrogen) atoms. The van der Waals surface area contributed by atoms with Crippen molar-refractivity contribution < 1.29 is 47.7 Å². The molecular weight excluding hydrogens is 1320 g/mol. The number of carbonyl (C=O) groups excluding carboxylic acids is 6. The van der Waals surface area contributed by atoms with Gasteiger partial charge in [0.25, 0.3) is 35.4 Å². The molecule has 9 rings (SSSR count). The quantitative estimate of drug-likeness (QED) is 0.0162. The number of carbonyl (C=O) groups is 6. The Morgan fingerprint density at radius 2 is 0.491 bits per heavy atom. The smallest absolute Gasteiger partial charge is 0.261 e. The van der Waals surface area contributed by atoms with Crippen LogP contribution in [0.1, 0.15) is 360 Å². The van der Waals surface area contributed by atoms with Crippen molar-refractivity contribution >= 4 is 78.5 Å². The second-order valence-electron chi connectivity index (χ2n) is 30.4. The summed E-state index contributed by atoms with van der Waals surface area (Å²) in [7, 11) is 0. The number of unbranched alkanes of at least 4 members (excludes halogenated alkanes) is 36. The van der Waals surface area contributed by atoms with Gasteiger partial charge in [0.15, 0.2) is 0 Å². The lowest BCUT2D eigenvalue weighted by Crippen LogP contribution is -2.42. The van der Waals surface area contributed by atoms with Crippen molar-refractivity contribution in [2.45, 2.75) is 297 Å². The molecule has 0 aliphatic carbocycles. The van der Waals surface area contributed by atoms with E-state index >= 15 is 0 Å². The van der Waals surface area contributed by atoms with Gasteiger partial charge in [-0.25, -0.2) is 0 Å². The lowest BCUT2D eigenvalue weighted by Gasteiger charge is -2.30. The Hall–Kier alpha value is -7.74. The largest absolute Gasteiger partial charge is 0.493 e. The maximum Gasteiger partial charge on any atom is 0.261 e. The number of rotatable bonds is 58. The third-order valence-electron chi connectivity index (χ3n) is 21.8. The lowest BCUT2D eigenvalue weighted by molar-refractivity contribution is 0.0593. The van der Waals surface area contributed by atoms with E-state index in [2.05, 4.69) is 38.3 Å². The summed E-state index contributed by atoms with van der Waals surface area (Å²) in [4.78, 5) is 88.6. The maximum absolute atomic E-state index is 14.6. The number of hydrogen-bond acceptors (Lipinski definition) is 10. The van der Waals surface area contributed by atoms with Gasteiger partial charge in [0.2, 0.25) is 0 Å². The van der Waals surface area contributed by atoms with Crippen LogP contribution in [0.15, 0.2) is 84.9 Å². The Labute approximate surface area is 634 Å². The highest BCUT2D eigenvalue weighted by Crippen LogP contribution is 2.46. The molecule has 2 N–H and O–H groups in total. The van der Waals surface area contributed by atoms with E-state index in [-0.39, 0.29) is 38.0 Å². The van der Waals surface area contributed by atoms with E-state index in [1.165, 1.54) is 215 Å². The molecule has 576 valence electrons. The Bertz CT molecular complexity index is 3440. The van der Waals surface area contributed by atoms with Crippen molar-refractivity contribution in [2.24, 2.45) is 0 Å². The van der Waals surface area contributed by atoms with Crippen molar-refractivity contribution in [2.75, 3.05) is 52.6 Å². The fourth-order valence-corrected chi connectivity index (χ4v) is 15.7. The molecule has 0 radical (unpaired) electrons. The van der Waals surface area contributed by atoms with Crippen LogP contribution in [0.5, 0.6) is 23.0 Å². The predicted octanol–water partition coefficient (Wildman–Crippen LogP) is 23.8. The van der Waals surface area contributed by atoms with Crippen molar-refractivity contribution in [1.82, 2.24) is 20.4 Å². The van der Waals surface area contributed by atoms with Gasteiger partial charge in [-0.05, 0) is 119 Å². The zero-order valence-electron chi connectivity index (χ0n) is 65.4. The lowest BCUT2D eigenvalue weighted by atomic mass is 9.82. The molecular formula is C92H128N4O10. The average molecular weight is 1450 g/mol. The first-order chi connectivity index (χ1) is 52.1. The Morgan fingerprint density at radius 3 is 0.717 bits per heavy atom. The van der Waals surface area contributed by atoms with Crippen molar-refractivity contribution in [3.63, 3.8) is 0 Å². The minimum absolute atomic E-state index is 0.0963. The van der Waals surface area contributed by atoms with E-state index in [0.717, 1.165) is 83.7 Å². The van der Waals surface area contributed by atoms with Crippen LogP contribution in [0.4, 0.5) is 0 Å². The van der Waals surface area contributed by atoms with Gasteiger partial charge < -0.3 is 29.6 Å². The van der Waals surface area contributed by atoms with Gasteiger partial charge in [-0.15, -0.1) is 0 Å². The van der Waals surface area contributed by atoms with Gasteiger partial charge in [0.1, 0.15) is 23.0 Å². The minimum atomic E-state index is -0.404. The number of benzene rings is 7. The van der Waals surface area contributed by atoms with Gasteiger partial charge in [0, 0.05) is 82.5 Å². The van der Waals surface area contributed by atoms with E-state index in [1.54, 1.807) is 48.5 Å². The van der Waals surface area contributed by atoms with Crippen LogP contribution < -0.4 is 29.6 Å². The third-order valence-corrected chi connectivity index (χ3v) is 21.8. The molecule has 0 saturated carbocycles. The summed E-state index contributed by atoms with van der Waals surface area (Å²) < 4.78 is 25.1. The summed E-state index contributed by atoms with van der Waals surface area (Å²) >= 11 is 0. The van der Waals surface area contributed by atoms with Crippen molar-refractivity contribution in [3.05, 3.63) is 118 Å². The van der Waals surface area contributed by atoms with Crippen LogP contribution >= 0.6 is 0 Å². The number of amides is 6. The molecule has 7 aromatic carbocycles. The Balaban J connectivity index is 0.790. The minimum Gasteiger partial charge on any atom is -0.493 e. The number of fused-ring (bicyclic) bond motifs is 2. The van der Waals surface area contributed by atoms with Gasteiger partial charge in [-0.1, -0.05) is 283 Å². The Kier molecular flexibility index (Phi) is 35.6. The number of nitrogens with zero attached hydrogens (tertiary/aromatic N) is 2. The SMILES string of the molecule is CCCCCCCCCCCCOc1cc(OCCCCCCCCCCCC)cc(C(=O)NCCCN2C(=O)c3ccc4c5ccc6c7c(ccc(c8ccc(c3c48)C2=O)c75)C(=O)N(CCCNC(=O)c2cc(OCCCCCCCCCCCC)cc(OCCCCCCCCCCCC)c2)C6=O)c1. The first-order valence-corrected chi connectivity index (χ1v) is 42.4. The molecule has 0 spiro atoms. The molecule has 0 fully saturated rings. The molecule has 0 aromatic heterocycles. The summed E-state index contributed by atoms with van der Waals surface area (Å²) in [6.07, 6.45) is 50.0. The molecule has 14 heteroatoms. The molecule has 14 nitrogen and oxygen atoms in total. The second-order valence-corrected chi connectivity index (χ2v) is 30.4. The normalized spacial score (nSPS) is 12.8. The number of nitrogens with one attached hydrogen (secondary N) is 2. The molecule has 6 amide bonds. The second kappa shape index (κ2) is 45.8. The summed E-state index contributed by atoms with van der Waals surface area (Å²) in [6.45, 7) is 11.9. The topological polar surface area (TPSA) is 170 Å². The molecule has 0 atom stereocenters. The monoisotopic (exact) mass is 1450 g/mol. The molecule has 2 aliphatic heterocycles. The fraction of sp³-hybridized carbons (Fsp3) is 0.587. The first-order valence-electron chi connectivity index (χ1n) is 42.4. The number of hydrogen-bond donors (Lipinski definition) is 2. The van der Waals surface area contributed by atoms with Crippen LogP contribution in [-0.4, -0.2) is 97.8 Å². The Morgan fingerprint density at radius 1 is 0.274 bits per heavy atom. The summed E-state index contributed by atoms with van der Waals surface area (Å²) in [5, 5.41) is 12.0. The maximum atomic E-state index is 14.6. The highest BCUT2D eigenvalue weighted by Gasteiger charge is 2.37. The highest BCUT2D eigenvalue weighted by atomic mass is 16.5. The molecule has 0 unspecified atom stereocenters. The standard InChI is InChI=1S/C92H128N4O10/c1-5-9-13-17-21-25-29-33-37-41-59-103-71-63-69(64-72(67-71)104-60-42-38-34-30-26-22-18-14-10-6-2)87(97)93-55-45-57-95-89(99)79-51-47-75-77-49-53-81-86-82(54-50-78(84(77)86)76-48-52-80(90(95)100)85(79)83(75)76)92(102)96(91(81)101)58-46-56-94-88(98)70-65-73(105-61-43-39-35-31-27-23-19-15-11-7-3)68-74(66-70)106-62-44-40-36-32-28-24-20-16-12-8-4/h47-54,63-68H,5-46,55-62H2,1-4H3,(H,93,97)(H,94,98). The number of imide groups is 2. The van der Waals surface area contributed by atoms with E-state index < -0.39 is 23.6 Å². The van der Waals surface area contributed by atoms with Gasteiger partial charge in [-0.2, -0.15) is 0 Å². The van der Waals surface area contributed by atoms with Crippen molar-refractivity contribution in [1.29, 1.82) is 0 Å². The molecule has 2 aliphatic rings. The first kappa shape index (κ1) is 82.3. The van der Waals surface area contributed by atoms with Gasteiger partial charge in [0.05, 0.1) is 26.4 Å². The average Bonchev–Trinajstić information content (AvgIpc) is 0.692. The van der Waals surface area contributed by atoms with Crippen LogP contribution in [-0.2, 0) is 0 Å². The molecule has 2 heterocycles. The van der Waals surface area contributed by atoms with Crippen LogP contribution in [0.25, 0.3) is 43.1 Å². The summed E-state index contributed by atoms with van der Waals surface area (Å²) in [6, 6.07) is 25.7. The van der Waals surface area contributed by atoms with Crippen LogP contribution in [0.2, 0.25) is 0 Å². The third kappa shape index (κ3) is 24.1. The number of ether oxygens (including phenoxy) is 4.